The third-order valence-electron chi connectivity index (χ3n) is 2.20. The van der Waals surface area contributed by atoms with E-state index >= 15 is 0 Å². The van der Waals surface area contributed by atoms with Crippen LogP contribution in [0.2, 0.25) is 0 Å². The Labute approximate surface area is 114 Å². The molecule has 0 heterocycles. The van der Waals surface area contributed by atoms with Crippen molar-refractivity contribution < 1.29 is 14.7 Å². The number of carbonyl (C=O) groups is 2. The maximum absolute atomic E-state index is 11.4. The average molecular weight is 315 g/mol. The SMILES string of the molecule is O=C(O)CCCNC(=O)NCc1cccc(Br)c1. The zero-order valence-corrected chi connectivity index (χ0v) is 11.4. The van der Waals surface area contributed by atoms with Crippen LogP contribution in [0.5, 0.6) is 0 Å². The Balaban J connectivity index is 2.19. The van der Waals surface area contributed by atoms with Crippen LogP contribution < -0.4 is 10.6 Å². The van der Waals surface area contributed by atoms with Gasteiger partial charge in [0, 0.05) is 24.0 Å². The number of carboxylic acid groups (broad SMARTS) is 1. The molecule has 5 nitrogen and oxygen atoms in total. The molecule has 1 aromatic carbocycles. The summed E-state index contributed by atoms with van der Waals surface area (Å²) in [5, 5.41) is 13.7. The molecule has 0 aliphatic heterocycles. The first kappa shape index (κ1) is 14.5. The largest absolute Gasteiger partial charge is 0.481 e. The first-order valence-corrected chi connectivity index (χ1v) is 6.35. The summed E-state index contributed by atoms with van der Waals surface area (Å²) in [7, 11) is 0. The first-order valence-electron chi connectivity index (χ1n) is 5.56. The van der Waals surface area contributed by atoms with Crippen molar-refractivity contribution in [2.75, 3.05) is 6.54 Å². The molecule has 0 aliphatic carbocycles. The summed E-state index contributed by atoms with van der Waals surface area (Å²) in [5.41, 5.74) is 0.991. The van der Waals surface area contributed by atoms with E-state index in [1.165, 1.54) is 0 Å². The van der Waals surface area contributed by atoms with Crippen LogP contribution in [0, 0.1) is 0 Å². The van der Waals surface area contributed by atoms with Crippen molar-refractivity contribution in [3.63, 3.8) is 0 Å². The highest BCUT2D eigenvalue weighted by molar-refractivity contribution is 9.10. The summed E-state index contributed by atoms with van der Waals surface area (Å²) in [5.74, 6) is -0.855. The zero-order chi connectivity index (χ0) is 13.4. The molecule has 0 radical (unpaired) electrons. The summed E-state index contributed by atoms with van der Waals surface area (Å²) in [4.78, 5) is 21.6. The lowest BCUT2D eigenvalue weighted by molar-refractivity contribution is -0.137. The van der Waals surface area contributed by atoms with Crippen LogP contribution in [0.4, 0.5) is 4.79 Å². The van der Waals surface area contributed by atoms with E-state index < -0.39 is 5.97 Å². The quantitative estimate of drug-likeness (QED) is 0.704. The molecule has 1 rings (SSSR count). The van der Waals surface area contributed by atoms with Gasteiger partial charge in [-0.2, -0.15) is 0 Å². The van der Waals surface area contributed by atoms with Gasteiger partial charge in [-0.05, 0) is 24.1 Å². The maximum atomic E-state index is 11.4. The Morgan fingerprint density at radius 2 is 2.06 bits per heavy atom. The lowest BCUT2D eigenvalue weighted by Gasteiger charge is -2.07. The van der Waals surface area contributed by atoms with Gasteiger partial charge in [0.2, 0.25) is 0 Å². The minimum Gasteiger partial charge on any atom is -0.481 e. The van der Waals surface area contributed by atoms with Crippen molar-refractivity contribution >= 4 is 27.9 Å². The normalized spacial score (nSPS) is 9.83. The van der Waals surface area contributed by atoms with Crippen molar-refractivity contribution in [2.45, 2.75) is 19.4 Å². The molecule has 0 aliphatic rings. The van der Waals surface area contributed by atoms with Crippen molar-refractivity contribution in [3.05, 3.63) is 34.3 Å². The second kappa shape index (κ2) is 7.71. The molecule has 1 aromatic rings. The van der Waals surface area contributed by atoms with Crippen LogP contribution in [-0.4, -0.2) is 23.7 Å². The van der Waals surface area contributed by atoms with E-state index in [1.54, 1.807) is 0 Å². The predicted octanol–water partition coefficient (Wildman–Crippen LogP) is 2.11. The molecule has 98 valence electrons. The smallest absolute Gasteiger partial charge is 0.315 e. The van der Waals surface area contributed by atoms with Crippen LogP contribution in [0.3, 0.4) is 0 Å². The number of urea groups is 1. The van der Waals surface area contributed by atoms with Gasteiger partial charge >= 0.3 is 12.0 Å². The summed E-state index contributed by atoms with van der Waals surface area (Å²) in [6.07, 6.45) is 0.492. The van der Waals surface area contributed by atoms with Crippen molar-refractivity contribution in [1.82, 2.24) is 10.6 Å². The molecule has 0 spiro atoms. The number of aliphatic carboxylic acids is 1. The maximum Gasteiger partial charge on any atom is 0.315 e. The van der Waals surface area contributed by atoms with E-state index in [1.807, 2.05) is 24.3 Å². The van der Waals surface area contributed by atoms with E-state index in [2.05, 4.69) is 26.6 Å². The van der Waals surface area contributed by atoms with Gasteiger partial charge in [0.05, 0.1) is 0 Å². The summed E-state index contributed by atoms with van der Waals surface area (Å²) < 4.78 is 0.962. The number of hydrogen-bond donors (Lipinski definition) is 3. The molecule has 3 N–H and O–H groups in total. The number of hydrogen-bond acceptors (Lipinski definition) is 2. The molecule has 0 unspecified atom stereocenters. The Kier molecular flexibility index (Phi) is 6.21. The molecule has 0 saturated heterocycles. The molecule has 6 heteroatoms. The van der Waals surface area contributed by atoms with E-state index in [0.717, 1.165) is 10.0 Å². The zero-order valence-electron chi connectivity index (χ0n) is 9.78. The van der Waals surface area contributed by atoms with Gasteiger partial charge < -0.3 is 15.7 Å². The standard InChI is InChI=1S/C12H15BrN2O3/c13-10-4-1-3-9(7-10)8-15-12(18)14-6-2-5-11(16)17/h1,3-4,7H,2,5-6,8H2,(H,16,17)(H2,14,15,18). The Hall–Kier alpha value is -1.56. The molecule has 0 fully saturated rings. The van der Waals surface area contributed by atoms with Gasteiger partial charge in [-0.3, -0.25) is 4.79 Å². The number of carbonyl (C=O) groups excluding carboxylic acids is 1. The van der Waals surface area contributed by atoms with Crippen molar-refractivity contribution in [3.8, 4) is 0 Å². The lowest BCUT2D eigenvalue weighted by atomic mass is 10.2. The number of benzene rings is 1. The van der Waals surface area contributed by atoms with Gasteiger partial charge in [0.1, 0.15) is 0 Å². The van der Waals surface area contributed by atoms with Crippen LogP contribution in [-0.2, 0) is 11.3 Å². The lowest BCUT2D eigenvalue weighted by Crippen LogP contribution is -2.35. The molecule has 0 aromatic heterocycles. The highest BCUT2D eigenvalue weighted by Crippen LogP contribution is 2.11. The molecule has 0 saturated carbocycles. The molecule has 18 heavy (non-hydrogen) atoms. The monoisotopic (exact) mass is 314 g/mol. The van der Waals surface area contributed by atoms with Gasteiger partial charge in [0.15, 0.2) is 0 Å². The second-order valence-electron chi connectivity index (χ2n) is 3.74. The predicted molar refractivity (Wildman–Crippen MR) is 71.3 cm³/mol. The molecule has 0 atom stereocenters. The van der Waals surface area contributed by atoms with Crippen LogP contribution in [0.25, 0.3) is 0 Å². The van der Waals surface area contributed by atoms with E-state index in [-0.39, 0.29) is 12.5 Å². The van der Waals surface area contributed by atoms with E-state index in [9.17, 15) is 9.59 Å². The number of halogens is 1. The third-order valence-corrected chi connectivity index (χ3v) is 2.69. The first-order chi connectivity index (χ1) is 8.58. The average Bonchev–Trinajstić information content (AvgIpc) is 2.32. The van der Waals surface area contributed by atoms with Crippen LogP contribution in [0.15, 0.2) is 28.7 Å². The fourth-order valence-corrected chi connectivity index (χ4v) is 1.78. The van der Waals surface area contributed by atoms with Gasteiger partial charge in [-0.1, -0.05) is 28.1 Å². The van der Waals surface area contributed by atoms with Crippen molar-refractivity contribution in [1.29, 1.82) is 0 Å². The summed E-state index contributed by atoms with van der Waals surface area (Å²) >= 11 is 3.35. The number of carboxylic acids is 1. The van der Waals surface area contributed by atoms with E-state index in [0.29, 0.717) is 19.5 Å². The molecular formula is C12H15BrN2O3. The van der Waals surface area contributed by atoms with Gasteiger partial charge in [-0.15, -0.1) is 0 Å². The minimum absolute atomic E-state index is 0.0614. The van der Waals surface area contributed by atoms with Crippen LogP contribution >= 0.6 is 15.9 Å². The molecule has 2 amide bonds. The fraction of sp³-hybridized carbons (Fsp3) is 0.333. The Morgan fingerprint density at radius 3 is 2.72 bits per heavy atom. The Bertz CT molecular complexity index is 424. The number of nitrogens with one attached hydrogen (secondary N) is 2. The highest BCUT2D eigenvalue weighted by Gasteiger charge is 2.01. The Morgan fingerprint density at radius 1 is 1.28 bits per heavy atom. The summed E-state index contributed by atoms with van der Waals surface area (Å²) in [6.45, 7) is 0.792. The van der Waals surface area contributed by atoms with Gasteiger partial charge in [-0.25, -0.2) is 4.79 Å². The highest BCUT2D eigenvalue weighted by atomic mass is 79.9. The minimum atomic E-state index is -0.855. The number of rotatable bonds is 6. The van der Waals surface area contributed by atoms with E-state index in [4.69, 9.17) is 5.11 Å². The van der Waals surface area contributed by atoms with Crippen molar-refractivity contribution in [2.24, 2.45) is 0 Å². The fourth-order valence-electron chi connectivity index (χ4n) is 1.33. The van der Waals surface area contributed by atoms with Gasteiger partial charge in [0.25, 0.3) is 0 Å². The molecule has 0 bridgehead atoms. The summed E-state index contributed by atoms with van der Waals surface area (Å²) in [6, 6.07) is 7.35. The second-order valence-corrected chi connectivity index (χ2v) is 4.65. The topological polar surface area (TPSA) is 78.4 Å². The molecular weight excluding hydrogens is 300 g/mol. The van der Waals surface area contributed by atoms with Crippen LogP contribution in [0.1, 0.15) is 18.4 Å². The number of amides is 2. The third kappa shape index (κ3) is 6.24.